The van der Waals surface area contributed by atoms with Gasteiger partial charge in [-0.1, -0.05) is 13.8 Å². The molecule has 19 heavy (non-hydrogen) atoms. The Bertz CT molecular complexity index is 264. The third kappa shape index (κ3) is 7.38. The molecule has 0 heterocycles. The second-order valence-electron chi connectivity index (χ2n) is 5.87. The number of likely N-dealkylation sites (N-methyl/N-ethyl adjacent to an activating group) is 1. The second-order valence-corrected chi connectivity index (χ2v) is 5.87. The lowest BCUT2D eigenvalue weighted by molar-refractivity contribution is 0.0471. The van der Waals surface area contributed by atoms with E-state index in [1.165, 1.54) is 0 Å². The van der Waals surface area contributed by atoms with E-state index in [4.69, 9.17) is 10.5 Å². The minimum Gasteiger partial charge on any atom is -0.444 e. The molecule has 0 aromatic heterocycles. The molecule has 3 N–H and O–H groups in total. The Morgan fingerprint density at radius 1 is 1.37 bits per heavy atom. The van der Waals surface area contributed by atoms with Crippen LogP contribution in [0.25, 0.3) is 0 Å². The minimum absolute atomic E-state index is 0.0358. The highest BCUT2D eigenvalue weighted by Crippen LogP contribution is 2.09. The molecule has 5 nitrogen and oxygen atoms in total. The molecule has 1 amide bonds. The van der Waals surface area contributed by atoms with Crippen LogP contribution in [0.15, 0.2) is 0 Å². The maximum absolute atomic E-state index is 11.8. The summed E-state index contributed by atoms with van der Waals surface area (Å²) in [6, 6.07) is 0.101. The molecule has 5 heteroatoms. The number of alkyl carbamates (subject to hydrolysis) is 1. The fraction of sp³-hybridized carbons (Fsp3) is 0.929. The summed E-state index contributed by atoms with van der Waals surface area (Å²) in [7, 11) is 0. The molecule has 114 valence electrons. The Morgan fingerprint density at radius 3 is 2.32 bits per heavy atom. The van der Waals surface area contributed by atoms with Gasteiger partial charge < -0.3 is 15.8 Å². The van der Waals surface area contributed by atoms with E-state index in [1.54, 1.807) is 0 Å². The minimum atomic E-state index is -0.476. The van der Waals surface area contributed by atoms with Crippen molar-refractivity contribution in [3.63, 3.8) is 0 Å². The van der Waals surface area contributed by atoms with Crippen molar-refractivity contribution in [1.29, 1.82) is 0 Å². The predicted molar refractivity (Wildman–Crippen MR) is 79.2 cm³/mol. The number of carbonyl (C=O) groups is 1. The highest BCUT2D eigenvalue weighted by atomic mass is 16.6. The molecule has 0 saturated carbocycles. The van der Waals surface area contributed by atoms with Gasteiger partial charge in [-0.15, -0.1) is 0 Å². The van der Waals surface area contributed by atoms with Crippen LogP contribution in [0.1, 0.15) is 48.0 Å². The van der Waals surface area contributed by atoms with Gasteiger partial charge in [-0.3, -0.25) is 4.90 Å². The van der Waals surface area contributed by atoms with Crippen molar-refractivity contribution in [1.82, 2.24) is 10.2 Å². The van der Waals surface area contributed by atoms with Gasteiger partial charge in [-0.2, -0.15) is 0 Å². The van der Waals surface area contributed by atoms with Crippen LogP contribution in [0.3, 0.4) is 0 Å². The molecule has 0 aromatic carbocycles. The lowest BCUT2D eigenvalue weighted by Gasteiger charge is -2.34. The molecular formula is C14H31N3O2. The van der Waals surface area contributed by atoms with Crippen molar-refractivity contribution < 1.29 is 9.53 Å². The van der Waals surface area contributed by atoms with Crippen molar-refractivity contribution in [3.8, 4) is 0 Å². The van der Waals surface area contributed by atoms with Crippen molar-refractivity contribution in [2.45, 2.75) is 65.6 Å². The Kier molecular flexibility index (Phi) is 8.02. The van der Waals surface area contributed by atoms with Gasteiger partial charge in [0.25, 0.3) is 0 Å². The van der Waals surface area contributed by atoms with Gasteiger partial charge in [0.1, 0.15) is 5.60 Å². The van der Waals surface area contributed by atoms with Gasteiger partial charge in [0, 0.05) is 18.6 Å². The monoisotopic (exact) mass is 273 g/mol. The molecule has 0 bridgehead atoms. The molecule has 0 radical (unpaired) electrons. The van der Waals surface area contributed by atoms with Crippen molar-refractivity contribution in [2.75, 3.05) is 19.6 Å². The van der Waals surface area contributed by atoms with E-state index in [9.17, 15) is 4.79 Å². The molecule has 0 spiro atoms. The van der Waals surface area contributed by atoms with E-state index in [-0.39, 0.29) is 18.2 Å². The van der Waals surface area contributed by atoms with Crippen LogP contribution in [-0.4, -0.2) is 48.3 Å². The second kappa shape index (κ2) is 8.38. The standard InChI is InChI=1S/C14H31N3O2/c1-7-9-17(8-2)12(10-15)11(3)16-13(18)19-14(4,5)6/h11-12H,7-10,15H2,1-6H3,(H,16,18). The highest BCUT2D eigenvalue weighted by Gasteiger charge is 2.25. The summed E-state index contributed by atoms with van der Waals surface area (Å²) < 4.78 is 5.27. The zero-order chi connectivity index (χ0) is 15.1. The first kappa shape index (κ1) is 18.2. The maximum Gasteiger partial charge on any atom is 0.407 e. The van der Waals surface area contributed by atoms with Gasteiger partial charge >= 0.3 is 6.09 Å². The molecule has 0 aliphatic carbocycles. The van der Waals surface area contributed by atoms with Crippen molar-refractivity contribution >= 4 is 6.09 Å². The number of hydrogen-bond donors (Lipinski definition) is 2. The van der Waals surface area contributed by atoms with Crippen LogP contribution in [0.4, 0.5) is 4.79 Å². The summed E-state index contributed by atoms with van der Waals surface area (Å²) in [6.07, 6.45) is 0.690. The fourth-order valence-electron chi connectivity index (χ4n) is 2.10. The highest BCUT2D eigenvalue weighted by molar-refractivity contribution is 5.68. The smallest absolute Gasteiger partial charge is 0.407 e. The first-order chi connectivity index (χ1) is 8.75. The third-order valence-electron chi connectivity index (χ3n) is 2.95. The predicted octanol–water partition coefficient (Wildman–Crippen LogP) is 1.96. The quantitative estimate of drug-likeness (QED) is 0.744. The summed E-state index contributed by atoms with van der Waals surface area (Å²) >= 11 is 0. The Balaban J connectivity index is 4.50. The topological polar surface area (TPSA) is 67.6 Å². The van der Waals surface area contributed by atoms with E-state index in [0.29, 0.717) is 6.54 Å². The van der Waals surface area contributed by atoms with E-state index >= 15 is 0 Å². The molecule has 0 saturated heterocycles. The van der Waals surface area contributed by atoms with Gasteiger partial charge in [0.05, 0.1) is 0 Å². The van der Waals surface area contributed by atoms with Crippen LogP contribution in [0.2, 0.25) is 0 Å². The SMILES string of the molecule is CCCN(CC)C(CN)C(C)NC(=O)OC(C)(C)C. The zero-order valence-electron chi connectivity index (χ0n) is 13.3. The average molecular weight is 273 g/mol. The van der Waals surface area contributed by atoms with Gasteiger partial charge in [0.2, 0.25) is 0 Å². The maximum atomic E-state index is 11.8. The lowest BCUT2D eigenvalue weighted by Crippen LogP contribution is -2.54. The number of ether oxygens (including phenoxy) is 1. The zero-order valence-corrected chi connectivity index (χ0v) is 13.3. The van der Waals surface area contributed by atoms with Gasteiger partial charge in [-0.05, 0) is 47.2 Å². The van der Waals surface area contributed by atoms with Crippen molar-refractivity contribution in [3.05, 3.63) is 0 Å². The van der Waals surface area contributed by atoms with Crippen LogP contribution < -0.4 is 11.1 Å². The summed E-state index contributed by atoms with van der Waals surface area (Å²) in [5.74, 6) is 0. The first-order valence-electron chi connectivity index (χ1n) is 7.18. The Labute approximate surface area is 117 Å². The third-order valence-corrected chi connectivity index (χ3v) is 2.95. The molecule has 0 aromatic rings. The summed E-state index contributed by atoms with van der Waals surface area (Å²) in [5.41, 5.74) is 5.37. The number of rotatable bonds is 7. The largest absolute Gasteiger partial charge is 0.444 e. The molecule has 0 fully saturated rings. The number of carbonyl (C=O) groups excluding carboxylic acids is 1. The number of hydrogen-bond acceptors (Lipinski definition) is 4. The molecule has 2 unspecified atom stereocenters. The number of nitrogens with zero attached hydrogens (tertiary/aromatic N) is 1. The number of nitrogens with one attached hydrogen (secondary N) is 1. The summed E-state index contributed by atoms with van der Waals surface area (Å²) in [4.78, 5) is 14.1. The summed E-state index contributed by atoms with van der Waals surface area (Å²) in [6.45, 7) is 14.2. The van der Waals surface area contributed by atoms with E-state index in [2.05, 4.69) is 24.1 Å². The number of amides is 1. The molecule has 0 aliphatic heterocycles. The normalized spacial score (nSPS) is 15.2. The van der Waals surface area contributed by atoms with E-state index in [1.807, 2.05) is 27.7 Å². The van der Waals surface area contributed by atoms with Crippen molar-refractivity contribution in [2.24, 2.45) is 5.73 Å². The number of nitrogens with two attached hydrogens (primary N) is 1. The lowest BCUT2D eigenvalue weighted by atomic mass is 10.1. The van der Waals surface area contributed by atoms with Gasteiger partial charge in [-0.25, -0.2) is 4.79 Å². The fourth-order valence-corrected chi connectivity index (χ4v) is 2.10. The van der Waals surface area contributed by atoms with Gasteiger partial charge in [0.15, 0.2) is 0 Å². The summed E-state index contributed by atoms with van der Waals surface area (Å²) in [5, 5.41) is 2.88. The molecular weight excluding hydrogens is 242 g/mol. The molecule has 2 atom stereocenters. The molecule has 0 aliphatic rings. The Hall–Kier alpha value is -0.810. The molecule has 0 rings (SSSR count). The van der Waals surface area contributed by atoms with E-state index < -0.39 is 5.60 Å². The van der Waals surface area contributed by atoms with Crippen LogP contribution in [0, 0.1) is 0 Å². The van der Waals surface area contributed by atoms with Crippen LogP contribution in [0.5, 0.6) is 0 Å². The Morgan fingerprint density at radius 2 is 1.95 bits per heavy atom. The van der Waals surface area contributed by atoms with Crippen LogP contribution in [-0.2, 0) is 4.74 Å². The van der Waals surface area contributed by atoms with E-state index in [0.717, 1.165) is 19.5 Å². The first-order valence-corrected chi connectivity index (χ1v) is 7.18. The average Bonchev–Trinajstić information content (AvgIpc) is 2.25. The van der Waals surface area contributed by atoms with Crippen LogP contribution >= 0.6 is 0 Å².